The van der Waals surface area contributed by atoms with E-state index in [1.54, 1.807) is 0 Å². The third-order valence-electron chi connectivity index (χ3n) is 3.76. The number of benzene rings is 1. The van der Waals surface area contributed by atoms with E-state index in [-0.39, 0.29) is 6.04 Å². The Labute approximate surface area is 129 Å². The second-order valence-corrected chi connectivity index (χ2v) is 6.08. The SMILES string of the molecule is CCCCN(CC)C(C(N)=S)c1ccc(C(C)C)cc1. The molecule has 0 spiro atoms. The van der Waals surface area contributed by atoms with Gasteiger partial charge in [-0.1, -0.05) is 70.6 Å². The highest BCUT2D eigenvalue weighted by Gasteiger charge is 2.21. The fourth-order valence-electron chi connectivity index (χ4n) is 2.45. The smallest absolute Gasteiger partial charge is 0.0948 e. The summed E-state index contributed by atoms with van der Waals surface area (Å²) in [7, 11) is 0. The first-order valence-corrected chi connectivity index (χ1v) is 8.05. The van der Waals surface area contributed by atoms with Gasteiger partial charge in [-0.2, -0.15) is 0 Å². The summed E-state index contributed by atoms with van der Waals surface area (Å²) < 4.78 is 0. The van der Waals surface area contributed by atoms with E-state index >= 15 is 0 Å². The number of unbranched alkanes of at least 4 members (excludes halogenated alkanes) is 1. The molecule has 0 saturated carbocycles. The van der Waals surface area contributed by atoms with Gasteiger partial charge in [0.2, 0.25) is 0 Å². The van der Waals surface area contributed by atoms with Gasteiger partial charge in [-0.25, -0.2) is 0 Å². The highest BCUT2D eigenvalue weighted by molar-refractivity contribution is 7.80. The van der Waals surface area contributed by atoms with Gasteiger partial charge in [0.25, 0.3) is 0 Å². The van der Waals surface area contributed by atoms with Gasteiger partial charge >= 0.3 is 0 Å². The lowest BCUT2D eigenvalue weighted by atomic mass is 9.98. The van der Waals surface area contributed by atoms with Crippen molar-refractivity contribution in [2.45, 2.75) is 52.5 Å². The zero-order chi connectivity index (χ0) is 15.1. The maximum Gasteiger partial charge on any atom is 0.0948 e. The van der Waals surface area contributed by atoms with Gasteiger partial charge in [-0.05, 0) is 36.6 Å². The lowest BCUT2D eigenvalue weighted by Gasteiger charge is -2.30. The second-order valence-electron chi connectivity index (χ2n) is 5.61. The zero-order valence-corrected chi connectivity index (χ0v) is 14.0. The molecule has 0 aromatic heterocycles. The topological polar surface area (TPSA) is 29.3 Å². The van der Waals surface area contributed by atoms with E-state index in [1.165, 1.54) is 24.0 Å². The van der Waals surface area contributed by atoms with Crippen LogP contribution in [-0.4, -0.2) is 23.0 Å². The number of thiocarbonyl (C=S) groups is 1. The molecule has 0 aliphatic heterocycles. The number of nitrogens with two attached hydrogens (primary N) is 1. The summed E-state index contributed by atoms with van der Waals surface area (Å²) in [5.74, 6) is 0.551. The Morgan fingerprint density at radius 1 is 1.15 bits per heavy atom. The van der Waals surface area contributed by atoms with Crippen LogP contribution in [-0.2, 0) is 0 Å². The molecular weight excluding hydrogens is 264 g/mol. The lowest BCUT2D eigenvalue weighted by Crippen LogP contribution is -2.37. The van der Waals surface area contributed by atoms with Crippen molar-refractivity contribution in [2.75, 3.05) is 13.1 Å². The standard InChI is InChI=1S/C17H28N2S/c1-5-7-12-19(6-2)16(17(18)20)15-10-8-14(9-11-15)13(3)4/h8-11,13,16H,5-7,12H2,1-4H3,(H2,18,20). The molecule has 2 nitrogen and oxygen atoms in total. The summed E-state index contributed by atoms with van der Waals surface area (Å²) in [6, 6.07) is 8.79. The van der Waals surface area contributed by atoms with E-state index in [0.29, 0.717) is 10.9 Å². The van der Waals surface area contributed by atoms with Crippen LogP contribution in [0.25, 0.3) is 0 Å². The minimum absolute atomic E-state index is 0.0581. The van der Waals surface area contributed by atoms with Gasteiger partial charge in [-0.15, -0.1) is 0 Å². The summed E-state index contributed by atoms with van der Waals surface area (Å²) in [5.41, 5.74) is 8.57. The van der Waals surface area contributed by atoms with Crippen LogP contribution in [0.3, 0.4) is 0 Å². The quantitative estimate of drug-likeness (QED) is 0.726. The van der Waals surface area contributed by atoms with Gasteiger partial charge in [-0.3, -0.25) is 4.90 Å². The molecule has 3 heteroatoms. The van der Waals surface area contributed by atoms with Crippen LogP contribution in [0.5, 0.6) is 0 Å². The normalized spacial score (nSPS) is 12.9. The van der Waals surface area contributed by atoms with E-state index in [0.717, 1.165) is 13.1 Å². The molecule has 0 bridgehead atoms. The average molecular weight is 292 g/mol. The Hall–Kier alpha value is -0.930. The molecule has 0 radical (unpaired) electrons. The molecule has 0 amide bonds. The highest BCUT2D eigenvalue weighted by Crippen LogP contribution is 2.24. The fourth-order valence-corrected chi connectivity index (χ4v) is 2.73. The number of nitrogens with zero attached hydrogens (tertiary/aromatic N) is 1. The predicted octanol–water partition coefficient (Wildman–Crippen LogP) is 4.26. The Balaban J connectivity index is 2.97. The molecular formula is C17H28N2S. The summed E-state index contributed by atoms with van der Waals surface area (Å²) in [6.45, 7) is 10.8. The van der Waals surface area contributed by atoms with Crippen molar-refractivity contribution in [3.63, 3.8) is 0 Å². The molecule has 0 saturated heterocycles. The third kappa shape index (κ3) is 4.57. The van der Waals surface area contributed by atoms with Gasteiger partial charge in [0.05, 0.1) is 11.0 Å². The van der Waals surface area contributed by atoms with Crippen LogP contribution in [0.15, 0.2) is 24.3 Å². The van der Waals surface area contributed by atoms with Gasteiger partial charge in [0.15, 0.2) is 0 Å². The molecule has 1 rings (SSSR count). The maximum atomic E-state index is 6.00. The summed E-state index contributed by atoms with van der Waals surface area (Å²) in [5, 5.41) is 0. The molecule has 0 aliphatic rings. The second kappa shape index (κ2) is 8.38. The van der Waals surface area contributed by atoms with Crippen LogP contribution < -0.4 is 5.73 Å². The third-order valence-corrected chi connectivity index (χ3v) is 3.98. The summed E-state index contributed by atoms with van der Waals surface area (Å²) >= 11 is 5.31. The Morgan fingerprint density at radius 2 is 1.70 bits per heavy atom. The predicted molar refractivity (Wildman–Crippen MR) is 92.2 cm³/mol. The van der Waals surface area contributed by atoms with Crippen molar-refractivity contribution >= 4 is 17.2 Å². The van der Waals surface area contributed by atoms with Crippen molar-refractivity contribution in [3.8, 4) is 0 Å². The van der Waals surface area contributed by atoms with Crippen molar-refractivity contribution in [1.29, 1.82) is 0 Å². The molecule has 1 atom stereocenters. The summed E-state index contributed by atoms with van der Waals surface area (Å²) in [4.78, 5) is 2.94. The first kappa shape index (κ1) is 17.1. The Bertz CT molecular complexity index is 412. The average Bonchev–Trinajstić information content (AvgIpc) is 2.43. The van der Waals surface area contributed by atoms with Crippen molar-refractivity contribution in [2.24, 2.45) is 5.73 Å². The largest absolute Gasteiger partial charge is 0.392 e. The Kier molecular flexibility index (Phi) is 7.17. The molecule has 20 heavy (non-hydrogen) atoms. The van der Waals surface area contributed by atoms with Crippen LogP contribution in [0, 0.1) is 0 Å². The molecule has 1 unspecified atom stereocenters. The van der Waals surface area contributed by atoms with E-state index in [1.807, 2.05) is 0 Å². The molecule has 0 fully saturated rings. The van der Waals surface area contributed by atoms with Crippen molar-refractivity contribution in [1.82, 2.24) is 4.90 Å². The van der Waals surface area contributed by atoms with Crippen molar-refractivity contribution < 1.29 is 0 Å². The minimum atomic E-state index is 0.0581. The lowest BCUT2D eigenvalue weighted by molar-refractivity contribution is 0.253. The van der Waals surface area contributed by atoms with Gasteiger partial charge in [0, 0.05) is 0 Å². The number of hydrogen-bond acceptors (Lipinski definition) is 2. The number of rotatable bonds is 8. The number of hydrogen-bond donors (Lipinski definition) is 1. The highest BCUT2D eigenvalue weighted by atomic mass is 32.1. The molecule has 1 aromatic carbocycles. The fraction of sp³-hybridized carbons (Fsp3) is 0.588. The van der Waals surface area contributed by atoms with E-state index in [4.69, 9.17) is 18.0 Å². The van der Waals surface area contributed by atoms with Crippen LogP contribution in [0.1, 0.15) is 63.6 Å². The van der Waals surface area contributed by atoms with E-state index < -0.39 is 0 Å². The molecule has 2 N–H and O–H groups in total. The Morgan fingerprint density at radius 3 is 2.10 bits per heavy atom. The molecule has 1 aromatic rings. The summed E-state index contributed by atoms with van der Waals surface area (Å²) in [6.07, 6.45) is 2.36. The molecule has 0 aliphatic carbocycles. The van der Waals surface area contributed by atoms with Crippen LogP contribution in [0.4, 0.5) is 0 Å². The molecule has 112 valence electrons. The van der Waals surface area contributed by atoms with Gasteiger partial charge < -0.3 is 5.73 Å². The number of likely N-dealkylation sites (N-methyl/N-ethyl adjacent to an activating group) is 1. The van der Waals surface area contributed by atoms with Crippen LogP contribution in [0.2, 0.25) is 0 Å². The first-order chi connectivity index (χ1) is 9.51. The van der Waals surface area contributed by atoms with E-state index in [2.05, 4.69) is 56.9 Å². The first-order valence-electron chi connectivity index (χ1n) is 7.64. The van der Waals surface area contributed by atoms with E-state index in [9.17, 15) is 0 Å². The molecule has 0 heterocycles. The maximum absolute atomic E-state index is 6.00. The van der Waals surface area contributed by atoms with Crippen molar-refractivity contribution in [3.05, 3.63) is 35.4 Å². The van der Waals surface area contributed by atoms with Gasteiger partial charge in [0.1, 0.15) is 0 Å². The monoisotopic (exact) mass is 292 g/mol. The minimum Gasteiger partial charge on any atom is -0.392 e. The zero-order valence-electron chi connectivity index (χ0n) is 13.2. The van der Waals surface area contributed by atoms with Crippen LogP contribution >= 0.6 is 12.2 Å².